The number of para-hydroxylation sites is 1. The summed E-state index contributed by atoms with van der Waals surface area (Å²) in [5, 5.41) is 15.7. The molecule has 3 aromatic rings. The van der Waals surface area contributed by atoms with Crippen LogP contribution in [0, 0.1) is 5.92 Å². The van der Waals surface area contributed by atoms with Crippen molar-refractivity contribution in [2.45, 2.75) is 38.8 Å². The van der Waals surface area contributed by atoms with E-state index in [4.69, 9.17) is 4.74 Å². The van der Waals surface area contributed by atoms with Gasteiger partial charge in [0.15, 0.2) is 0 Å². The van der Waals surface area contributed by atoms with E-state index >= 15 is 0 Å². The molecule has 0 radical (unpaired) electrons. The summed E-state index contributed by atoms with van der Waals surface area (Å²) in [4.78, 5) is 42.3. The second-order valence-corrected chi connectivity index (χ2v) is 10.6. The van der Waals surface area contributed by atoms with E-state index in [-0.39, 0.29) is 55.8 Å². The van der Waals surface area contributed by atoms with Gasteiger partial charge in [0.05, 0.1) is 32.0 Å². The van der Waals surface area contributed by atoms with E-state index in [1.807, 2.05) is 67.6 Å². The number of benzene rings is 3. The van der Waals surface area contributed by atoms with E-state index in [0.29, 0.717) is 29.2 Å². The maximum absolute atomic E-state index is 13.4. The number of hydrogen-bond donors (Lipinski definition) is 3. The van der Waals surface area contributed by atoms with Crippen molar-refractivity contribution < 1.29 is 24.2 Å². The molecule has 4 rings (SSSR count). The number of hydrogen-bond acceptors (Lipinski definition) is 5. The van der Waals surface area contributed by atoms with E-state index in [1.54, 1.807) is 42.0 Å². The molecule has 0 unspecified atom stereocenters. The number of ether oxygens (including phenoxy) is 1. The van der Waals surface area contributed by atoms with Crippen molar-refractivity contribution >= 4 is 29.2 Å². The first-order valence-corrected chi connectivity index (χ1v) is 13.8. The van der Waals surface area contributed by atoms with Crippen LogP contribution in [0.4, 0.5) is 16.2 Å². The molecule has 0 saturated heterocycles. The number of urea groups is 1. The fraction of sp³-hybridized carbons (Fsp3) is 0.344. The lowest BCUT2D eigenvalue weighted by Crippen LogP contribution is -2.48. The quantitative estimate of drug-likeness (QED) is 0.384. The number of nitrogens with one attached hydrogen (secondary N) is 2. The Labute approximate surface area is 241 Å². The smallest absolute Gasteiger partial charge is 0.321 e. The van der Waals surface area contributed by atoms with E-state index in [0.717, 1.165) is 5.56 Å². The van der Waals surface area contributed by atoms with Crippen molar-refractivity contribution in [3.8, 4) is 5.75 Å². The molecule has 0 spiro atoms. The van der Waals surface area contributed by atoms with Crippen LogP contribution in [0.15, 0.2) is 78.9 Å². The largest absolute Gasteiger partial charge is 0.488 e. The molecular formula is C32H38N4O5. The highest BCUT2D eigenvalue weighted by Gasteiger charge is 2.32. The highest BCUT2D eigenvalue weighted by Crippen LogP contribution is 2.29. The first-order chi connectivity index (χ1) is 19.7. The minimum atomic E-state index is -0.446. The minimum Gasteiger partial charge on any atom is -0.488 e. The third kappa shape index (κ3) is 8.08. The summed E-state index contributed by atoms with van der Waals surface area (Å²) in [6, 6.07) is 23.3. The van der Waals surface area contributed by atoms with Crippen molar-refractivity contribution in [1.29, 1.82) is 0 Å². The van der Waals surface area contributed by atoms with Gasteiger partial charge in [0.25, 0.3) is 0 Å². The van der Waals surface area contributed by atoms with Crippen LogP contribution in [0.1, 0.15) is 25.0 Å². The molecule has 0 fully saturated rings. The number of anilines is 2. The van der Waals surface area contributed by atoms with Crippen LogP contribution in [0.3, 0.4) is 0 Å². The highest BCUT2D eigenvalue weighted by atomic mass is 16.5. The van der Waals surface area contributed by atoms with Gasteiger partial charge in [-0.25, -0.2) is 4.79 Å². The number of aliphatic hydroxyl groups is 1. The van der Waals surface area contributed by atoms with Gasteiger partial charge in [0.1, 0.15) is 11.9 Å². The monoisotopic (exact) mass is 558 g/mol. The summed E-state index contributed by atoms with van der Waals surface area (Å²) in [7, 11) is 1.70. The van der Waals surface area contributed by atoms with Gasteiger partial charge in [-0.05, 0) is 42.8 Å². The number of carbonyl (C=O) groups is 3. The van der Waals surface area contributed by atoms with Crippen molar-refractivity contribution in [3.63, 3.8) is 0 Å². The highest BCUT2D eigenvalue weighted by molar-refractivity contribution is 5.93. The van der Waals surface area contributed by atoms with E-state index in [2.05, 4.69) is 10.6 Å². The van der Waals surface area contributed by atoms with Crippen LogP contribution in [-0.2, 0) is 22.4 Å². The standard InChI is InChI=1S/C32H38N4O5/c1-22-19-36(23(2)21-37)31(39)18-25-17-27(33-30(38)16-24-10-6-4-7-11-24)14-15-28(25)41-29(22)20-35(3)32(40)34-26-12-8-5-9-13-26/h4-15,17,22-23,29,37H,16,18-21H2,1-3H3,(H,33,38)(H,34,40)/t22-,23+,29-/m0/s1. The van der Waals surface area contributed by atoms with Gasteiger partial charge in [-0.15, -0.1) is 0 Å². The third-order valence-electron chi connectivity index (χ3n) is 7.23. The molecule has 3 aromatic carbocycles. The van der Waals surface area contributed by atoms with Gasteiger partial charge >= 0.3 is 6.03 Å². The SMILES string of the molecule is C[C@H](CO)N1C[C@H](C)[C@H](CN(C)C(=O)Nc2ccccc2)Oc2ccc(NC(=O)Cc3ccccc3)cc2CC1=O. The van der Waals surface area contributed by atoms with E-state index in [9.17, 15) is 19.5 Å². The molecule has 1 aliphatic rings. The second-order valence-electron chi connectivity index (χ2n) is 10.6. The summed E-state index contributed by atoms with van der Waals surface area (Å²) in [5.74, 6) is 0.0501. The Bertz CT molecular complexity index is 1330. The molecule has 216 valence electrons. The average molecular weight is 559 g/mol. The molecular weight excluding hydrogens is 520 g/mol. The average Bonchev–Trinajstić information content (AvgIpc) is 3.01. The minimum absolute atomic E-state index is 0.0475. The maximum atomic E-state index is 13.4. The number of rotatable bonds is 8. The van der Waals surface area contributed by atoms with E-state index in [1.165, 1.54) is 0 Å². The summed E-state index contributed by atoms with van der Waals surface area (Å²) in [5.41, 5.74) is 2.77. The summed E-state index contributed by atoms with van der Waals surface area (Å²) < 4.78 is 6.49. The van der Waals surface area contributed by atoms with Gasteiger partial charge < -0.3 is 30.3 Å². The fourth-order valence-corrected chi connectivity index (χ4v) is 4.80. The molecule has 0 bridgehead atoms. The summed E-state index contributed by atoms with van der Waals surface area (Å²) in [6.07, 6.45) is -0.170. The topological polar surface area (TPSA) is 111 Å². The number of aliphatic hydroxyl groups excluding tert-OH is 1. The van der Waals surface area contributed by atoms with Crippen molar-refractivity contribution in [2.24, 2.45) is 5.92 Å². The van der Waals surface area contributed by atoms with Gasteiger partial charge in [-0.3, -0.25) is 9.59 Å². The lowest BCUT2D eigenvalue weighted by Gasteiger charge is -2.34. The van der Waals surface area contributed by atoms with Crippen LogP contribution in [-0.4, -0.2) is 71.6 Å². The molecule has 1 aliphatic heterocycles. The molecule has 0 aliphatic carbocycles. The lowest BCUT2D eigenvalue weighted by molar-refractivity contribution is -0.134. The summed E-state index contributed by atoms with van der Waals surface area (Å²) >= 11 is 0. The Kier molecular flexibility index (Phi) is 9.97. The zero-order chi connectivity index (χ0) is 29.4. The normalized spacial score (nSPS) is 17.7. The van der Waals surface area contributed by atoms with Gasteiger partial charge in [0, 0.05) is 36.4 Å². The Hall–Kier alpha value is -4.37. The predicted molar refractivity (Wildman–Crippen MR) is 159 cm³/mol. The van der Waals surface area contributed by atoms with Crippen molar-refractivity contribution in [3.05, 3.63) is 90.0 Å². The number of fused-ring (bicyclic) bond motifs is 1. The molecule has 9 nitrogen and oxygen atoms in total. The van der Waals surface area contributed by atoms with Gasteiger partial charge in [-0.1, -0.05) is 55.5 Å². The van der Waals surface area contributed by atoms with Gasteiger partial charge in [-0.2, -0.15) is 0 Å². The van der Waals surface area contributed by atoms with Gasteiger partial charge in [0.2, 0.25) is 11.8 Å². The van der Waals surface area contributed by atoms with Crippen LogP contribution in [0.2, 0.25) is 0 Å². The van der Waals surface area contributed by atoms with Crippen molar-refractivity contribution in [2.75, 3.05) is 37.4 Å². The number of likely N-dealkylation sites (N-methyl/N-ethyl adjacent to an activating group) is 1. The van der Waals surface area contributed by atoms with E-state index < -0.39 is 6.10 Å². The third-order valence-corrected chi connectivity index (χ3v) is 7.23. The number of amides is 4. The first kappa shape index (κ1) is 29.6. The zero-order valence-corrected chi connectivity index (χ0v) is 23.7. The van der Waals surface area contributed by atoms with Crippen LogP contribution in [0.5, 0.6) is 5.75 Å². The Morgan fingerprint density at radius 3 is 2.39 bits per heavy atom. The Morgan fingerprint density at radius 1 is 1.02 bits per heavy atom. The van der Waals surface area contributed by atoms with Crippen molar-refractivity contribution in [1.82, 2.24) is 9.80 Å². The molecule has 1 heterocycles. The second kappa shape index (κ2) is 13.8. The molecule has 4 amide bonds. The van der Waals surface area contributed by atoms with Crippen LogP contribution in [0.25, 0.3) is 0 Å². The first-order valence-electron chi connectivity index (χ1n) is 13.8. The molecule has 0 aromatic heterocycles. The van der Waals surface area contributed by atoms with Crippen LogP contribution < -0.4 is 15.4 Å². The molecule has 9 heteroatoms. The maximum Gasteiger partial charge on any atom is 0.321 e. The Balaban J connectivity index is 1.56. The Morgan fingerprint density at radius 2 is 1.71 bits per heavy atom. The fourth-order valence-electron chi connectivity index (χ4n) is 4.80. The number of nitrogens with zero attached hydrogens (tertiary/aromatic N) is 2. The number of carbonyl (C=O) groups excluding carboxylic acids is 3. The molecule has 41 heavy (non-hydrogen) atoms. The molecule has 0 saturated carbocycles. The zero-order valence-electron chi connectivity index (χ0n) is 23.7. The lowest BCUT2D eigenvalue weighted by atomic mass is 10.0. The molecule has 3 atom stereocenters. The van der Waals surface area contributed by atoms with Crippen LogP contribution >= 0.6 is 0 Å². The molecule has 3 N–H and O–H groups in total. The predicted octanol–water partition coefficient (Wildman–Crippen LogP) is 4.18. The summed E-state index contributed by atoms with van der Waals surface area (Å²) in [6.45, 7) is 4.23.